The quantitative estimate of drug-likeness (QED) is 0.222. The van der Waals surface area contributed by atoms with Crippen LogP contribution in [0.5, 0.6) is 0 Å². The highest BCUT2D eigenvalue weighted by Crippen LogP contribution is 2.32. The van der Waals surface area contributed by atoms with Crippen molar-refractivity contribution in [3.8, 4) is 17.2 Å². The number of rotatable bonds is 10. The van der Waals surface area contributed by atoms with E-state index in [0.717, 1.165) is 65.6 Å². The topological polar surface area (TPSA) is 112 Å². The molecule has 0 N–H and O–H groups in total. The Morgan fingerprint density at radius 2 is 1.84 bits per heavy atom. The minimum atomic E-state index is -0.352. The lowest BCUT2D eigenvalue weighted by Gasteiger charge is -2.30. The zero-order valence-electron chi connectivity index (χ0n) is 25.4. The van der Waals surface area contributed by atoms with Crippen LogP contribution in [0.25, 0.3) is 16.9 Å². The van der Waals surface area contributed by atoms with E-state index >= 15 is 0 Å². The van der Waals surface area contributed by atoms with Crippen LogP contribution in [0, 0.1) is 25.2 Å². The number of ether oxygens (including phenoxy) is 2. The summed E-state index contributed by atoms with van der Waals surface area (Å²) in [5.74, 6) is 0.867. The molecule has 2 aromatic heterocycles. The van der Waals surface area contributed by atoms with E-state index in [4.69, 9.17) is 19.6 Å². The molecule has 0 saturated heterocycles. The number of carbonyl (C=O) groups is 1. The lowest BCUT2D eigenvalue weighted by molar-refractivity contribution is -0.151. The van der Waals surface area contributed by atoms with Crippen LogP contribution in [0.4, 0.5) is 0 Å². The Bertz CT molecular complexity index is 1720. The van der Waals surface area contributed by atoms with Crippen molar-refractivity contribution in [1.82, 2.24) is 19.2 Å². The maximum absolute atomic E-state index is 14.4. The molecule has 0 aliphatic heterocycles. The molecule has 224 valence electrons. The molecule has 2 heterocycles. The minimum absolute atomic E-state index is 0.0178. The van der Waals surface area contributed by atoms with Crippen molar-refractivity contribution >= 4 is 11.7 Å². The third-order valence-corrected chi connectivity index (χ3v) is 8.24. The molecule has 0 bridgehead atoms. The summed E-state index contributed by atoms with van der Waals surface area (Å²) in [4.78, 5) is 30.8. The van der Waals surface area contributed by atoms with Crippen LogP contribution in [0.2, 0.25) is 0 Å². The molecule has 0 amide bonds. The number of benzene rings is 2. The number of hydrogen-bond acceptors (Lipinski definition) is 7. The number of carbonyl (C=O) groups excluding carboxylic acids is 1. The average molecular weight is 582 g/mol. The Labute approximate surface area is 252 Å². The van der Waals surface area contributed by atoms with Crippen molar-refractivity contribution < 1.29 is 14.3 Å². The summed E-state index contributed by atoms with van der Waals surface area (Å²) in [6.45, 7) is 8.07. The van der Waals surface area contributed by atoms with E-state index in [1.54, 1.807) is 6.92 Å². The molecule has 0 atom stereocenters. The van der Waals surface area contributed by atoms with Crippen molar-refractivity contribution in [3.05, 3.63) is 86.6 Å². The molecule has 43 heavy (non-hydrogen) atoms. The Kier molecular flexibility index (Phi) is 9.37. The second kappa shape index (κ2) is 13.3. The van der Waals surface area contributed by atoms with Crippen LogP contribution in [-0.4, -0.2) is 44.5 Å². The van der Waals surface area contributed by atoms with Gasteiger partial charge in [-0.3, -0.25) is 9.36 Å². The molecule has 1 aliphatic rings. The van der Waals surface area contributed by atoms with Crippen LogP contribution >= 0.6 is 0 Å². The van der Waals surface area contributed by atoms with E-state index in [9.17, 15) is 14.9 Å². The largest absolute Gasteiger partial charge is 0.464 e. The van der Waals surface area contributed by atoms with Crippen LogP contribution < -0.4 is 5.56 Å². The Hall–Kier alpha value is -4.29. The lowest BCUT2D eigenvalue weighted by atomic mass is 9.91. The Balaban J connectivity index is 1.48. The van der Waals surface area contributed by atoms with Crippen LogP contribution in [-0.2, 0) is 27.1 Å². The summed E-state index contributed by atoms with van der Waals surface area (Å²) in [7, 11) is 0. The zero-order chi connectivity index (χ0) is 30.5. The predicted octanol–water partition coefficient (Wildman–Crippen LogP) is 5.65. The van der Waals surface area contributed by atoms with E-state index in [1.807, 2.05) is 47.2 Å². The Morgan fingerprint density at radius 1 is 1.07 bits per heavy atom. The van der Waals surface area contributed by atoms with E-state index in [2.05, 4.69) is 31.2 Å². The summed E-state index contributed by atoms with van der Waals surface area (Å²) in [6, 6.07) is 16.1. The van der Waals surface area contributed by atoms with Gasteiger partial charge in [0.05, 0.1) is 30.0 Å². The first-order valence-corrected chi connectivity index (χ1v) is 15.2. The van der Waals surface area contributed by atoms with E-state index in [0.29, 0.717) is 36.6 Å². The van der Waals surface area contributed by atoms with Crippen molar-refractivity contribution in [3.63, 3.8) is 0 Å². The minimum Gasteiger partial charge on any atom is -0.464 e. The molecule has 9 heteroatoms. The van der Waals surface area contributed by atoms with Gasteiger partial charge in [0, 0.05) is 18.0 Å². The summed E-state index contributed by atoms with van der Waals surface area (Å²) in [5.41, 5.74) is 6.27. The molecule has 5 rings (SSSR count). The first kappa shape index (κ1) is 30.2. The molecular weight excluding hydrogens is 542 g/mol. The normalized spacial score (nSPS) is 16.7. The van der Waals surface area contributed by atoms with Gasteiger partial charge in [0.15, 0.2) is 0 Å². The van der Waals surface area contributed by atoms with Crippen LogP contribution in [0.1, 0.15) is 85.8 Å². The summed E-state index contributed by atoms with van der Waals surface area (Å²) >= 11 is 0. The lowest BCUT2D eigenvalue weighted by Crippen LogP contribution is -2.35. The number of esters is 1. The van der Waals surface area contributed by atoms with Gasteiger partial charge >= 0.3 is 5.97 Å². The van der Waals surface area contributed by atoms with Crippen molar-refractivity contribution in [2.45, 2.75) is 84.8 Å². The molecule has 1 aliphatic carbocycles. The smallest absolute Gasteiger partial charge is 0.332 e. The van der Waals surface area contributed by atoms with Gasteiger partial charge in [-0.2, -0.15) is 15.3 Å². The van der Waals surface area contributed by atoms with Gasteiger partial charge in [0.25, 0.3) is 5.56 Å². The van der Waals surface area contributed by atoms with E-state index in [-0.39, 0.29) is 30.3 Å². The Morgan fingerprint density at radius 3 is 2.53 bits per heavy atom. The van der Waals surface area contributed by atoms with E-state index < -0.39 is 0 Å². The monoisotopic (exact) mass is 581 g/mol. The highest BCUT2D eigenvalue weighted by atomic mass is 16.6. The fourth-order valence-electron chi connectivity index (χ4n) is 6.24. The van der Waals surface area contributed by atoms with Crippen molar-refractivity contribution in [2.24, 2.45) is 0 Å². The summed E-state index contributed by atoms with van der Waals surface area (Å²) in [6.07, 6.45) is 4.99. The standard InChI is InChI=1S/C34H39N5O4/c1-5-9-31-30(19-24-12-17-28(22(3)18-24)29-11-8-7-10-25(29)20-35)33(41)38(34-36-23(4)37-39(31)34)26-13-15-27(16-14-26)43-21-32(40)42-6-2/h7-8,10-12,17-18,26-27H,5-6,9,13-16,19,21H2,1-4H3. The first-order chi connectivity index (χ1) is 20.8. The highest BCUT2D eigenvalue weighted by molar-refractivity contribution is 5.73. The average Bonchev–Trinajstić information content (AvgIpc) is 3.39. The van der Waals surface area contributed by atoms with Gasteiger partial charge < -0.3 is 9.47 Å². The number of hydrogen-bond donors (Lipinski definition) is 0. The fourth-order valence-corrected chi connectivity index (χ4v) is 6.24. The number of aromatic nitrogens is 4. The number of aryl methyl sites for hydroxylation is 3. The third-order valence-electron chi connectivity index (χ3n) is 8.24. The molecule has 0 spiro atoms. The van der Waals surface area contributed by atoms with Crippen LogP contribution in [0.3, 0.4) is 0 Å². The predicted molar refractivity (Wildman–Crippen MR) is 164 cm³/mol. The third kappa shape index (κ3) is 6.40. The zero-order valence-corrected chi connectivity index (χ0v) is 25.4. The molecule has 0 radical (unpaired) electrons. The molecule has 2 aromatic carbocycles. The highest BCUT2D eigenvalue weighted by Gasteiger charge is 2.29. The van der Waals surface area contributed by atoms with Crippen LogP contribution in [0.15, 0.2) is 47.3 Å². The van der Waals surface area contributed by atoms with Gasteiger partial charge in [-0.1, -0.05) is 49.7 Å². The molecule has 0 unspecified atom stereocenters. The maximum Gasteiger partial charge on any atom is 0.332 e. The van der Waals surface area contributed by atoms with Crippen molar-refractivity contribution in [1.29, 1.82) is 5.26 Å². The second-order valence-corrected chi connectivity index (χ2v) is 11.3. The van der Waals surface area contributed by atoms with Gasteiger partial charge in [-0.05, 0) is 81.2 Å². The first-order valence-electron chi connectivity index (χ1n) is 15.2. The van der Waals surface area contributed by atoms with Gasteiger partial charge in [0.1, 0.15) is 12.4 Å². The summed E-state index contributed by atoms with van der Waals surface area (Å²) in [5, 5.41) is 14.4. The van der Waals surface area contributed by atoms with Gasteiger partial charge in [-0.15, -0.1) is 0 Å². The number of nitrogens with zero attached hydrogens (tertiary/aromatic N) is 5. The molecular formula is C34H39N5O4. The fraction of sp³-hybridized carbons (Fsp3) is 0.441. The number of fused-ring (bicyclic) bond motifs is 1. The number of nitriles is 1. The van der Waals surface area contributed by atoms with E-state index in [1.165, 1.54) is 0 Å². The summed E-state index contributed by atoms with van der Waals surface area (Å²) < 4.78 is 14.5. The van der Waals surface area contributed by atoms with Gasteiger partial charge in [-0.25, -0.2) is 9.31 Å². The SMILES string of the molecule is CCCc1c(Cc2ccc(-c3ccccc3C#N)c(C)c2)c(=O)n(C2CCC(OCC(=O)OCC)CC2)c2nc(C)nn12. The molecule has 1 saturated carbocycles. The molecule has 1 fully saturated rings. The maximum atomic E-state index is 14.4. The molecule has 9 nitrogen and oxygen atoms in total. The van der Waals surface area contributed by atoms with Gasteiger partial charge in [0.2, 0.25) is 5.78 Å². The second-order valence-electron chi connectivity index (χ2n) is 11.3. The molecule has 4 aromatic rings. The van der Waals surface area contributed by atoms with Crippen molar-refractivity contribution in [2.75, 3.05) is 13.2 Å².